The fraction of sp³-hybridized carbons (Fsp3) is 0.105. The predicted octanol–water partition coefficient (Wildman–Crippen LogP) is 5.28. The number of carbonyl (C=O) groups excluding carboxylic acids is 1. The lowest BCUT2D eigenvalue weighted by molar-refractivity contribution is -0.113. The average molecular weight is 464 g/mol. The van der Waals surface area contributed by atoms with Crippen LogP contribution in [0.15, 0.2) is 70.8 Å². The maximum absolute atomic E-state index is 12.3. The van der Waals surface area contributed by atoms with Gasteiger partial charge in [-0.2, -0.15) is 0 Å². The molecular weight excluding hydrogens is 448 g/mol. The van der Waals surface area contributed by atoms with E-state index in [4.69, 9.17) is 11.6 Å². The van der Waals surface area contributed by atoms with Crippen LogP contribution in [0.3, 0.4) is 0 Å². The highest BCUT2D eigenvalue weighted by atomic mass is 79.9. The van der Waals surface area contributed by atoms with Gasteiger partial charge in [0.05, 0.1) is 11.4 Å². The van der Waals surface area contributed by atoms with E-state index in [1.165, 1.54) is 11.8 Å². The molecule has 8 heteroatoms. The zero-order valence-electron chi connectivity index (χ0n) is 14.2. The molecule has 138 valence electrons. The number of rotatable bonds is 7. The van der Waals surface area contributed by atoms with E-state index in [9.17, 15) is 4.79 Å². The number of allylic oxidation sites excluding steroid dienone is 1. The van der Waals surface area contributed by atoms with E-state index in [1.54, 1.807) is 12.1 Å². The first-order chi connectivity index (χ1) is 13.1. The Balaban J connectivity index is 1.74. The van der Waals surface area contributed by atoms with Gasteiger partial charge in [-0.05, 0) is 40.2 Å². The van der Waals surface area contributed by atoms with Crippen molar-refractivity contribution >= 4 is 50.9 Å². The summed E-state index contributed by atoms with van der Waals surface area (Å²) in [6, 6.07) is 14.9. The first kappa shape index (κ1) is 19.7. The van der Waals surface area contributed by atoms with Crippen LogP contribution in [0.2, 0.25) is 5.02 Å². The van der Waals surface area contributed by atoms with Crippen LogP contribution in [0.5, 0.6) is 0 Å². The number of anilines is 1. The van der Waals surface area contributed by atoms with Crippen molar-refractivity contribution in [2.45, 2.75) is 11.7 Å². The summed E-state index contributed by atoms with van der Waals surface area (Å²) in [5.74, 6) is 0.780. The normalized spacial score (nSPS) is 10.6. The summed E-state index contributed by atoms with van der Waals surface area (Å²) in [5, 5.41) is 12.7. The van der Waals surface area contributed by atoms with E-state index < -0.39 is 0 Å². The Kier molecular flexibility index (Phi) is 6.71. The third-order valence-electron chi connectivity index (χ3n) is 3.59. The van der Waals surface area contributed by atoms with Crippen molar-refractivity contribution in [1.82, 2.24) is 14.8 Å². The van der Waals surface area contributed by atoms with Gasteiger partial charge >= 0.3 is 0 Å². The Morgan fingerprint density at radius 1 is 1.26 bits per heavy atom. The molecule has 0 unspecified atom stereocenters. The van der Waals surface area contributed by atoms with Crippen LogP contribution < -0.4 is 5.32 Å². The fourth-order valence-corrected chi connectivity index (χ4v) is 3.73. The SMILES string of the molecule is C=CCn1c(SCC(=O)Nc2ccccc2Br)nnc1-c1cccc(Cl)c1. The summed E-state index contributed by atoms with van der Waals surface area (Å²) in [7, 11) is 0. The van der Waals surface area contributed by atoms with Gasteiger partial charge in [0, 0.05) is 21.6 Å². The number of nitrogens with zero attached hydrogens (tertiary/aromatic N) is 3. The lowest BCUT2D eigenvalue weighted by Gasteiger charge is -2.09. The second-order valence-corrected chi connectivity index (χ2v) is 7.77. The fourth-order valence-electron chi connectivity index (χ4n) is 2.41. The zero-order valence-corrected chi connectivity index (χ0v) is 17.4. The van der Waals surface area contributed by atoms with Crippen LogP contribution in [0, 0.1) is 0 Å². The van der Waals surface area contributed by atoms with Crippen LogP contribution >= 0.6 is 39.3 Å². The molecule has 0 saturated carbocycles. The lowest BCUT2D eigenvalue weighted by Crippen LogP contribution is -2.15. The monoisotopic (exact) mass is 462 g/mol. The number of hydrogen-bond donors (Lipinski definition) is 1. The molecule has 27 heavy (non-hydrogen) atoms. The van der Waals surface area contributed by atoms with Crippen LogP contribution in [0.1, 0.15) is 0 Å². The Labute approximate surface area is 175 Å². The Morgan fingerprint density at radius 3 is 2.81 bits per heavy atom. The number of aromatic nitrogens is 3. The van der Waals surface area contributed by atoms with E-state index in [-0.39, 0.29) is 11.7 Å². The Hall–Kier alpha value is -2.09. The minimum atomic E-state index is -0.121. The topological polar surface area (TPSA) is 59.8 Å². The molecule has 0 fully saturated rings. The van der Waals surface area contributed by atoms with Crippen molar-refractivity contribution in [3.05, 3.63) is 70.7 Å². The average Bonchev–Trinajstić information content (AvgIpc) is 3.05. The summed E-state index contributed by atoms with van der Waals surface area (Å²) in [4.78, 5) is 12.3. The van der Waals surface area contributed by atoms with Gasteiger partial charge in [-0.3, -0.25) is 9.36 Å². The zero-order chi connectivity index (χ0) is 19.2. The molecule has 0 atom stereocenters. The molecule has 0 spiro atoms. The first-order valence-corrected chi connectivity index (χ1v) is 10.2. The van der Waals surface area contributed by atoms with E-state index in [2.05, 4.69) is 38.0 Å². The lowest BCUT2D eigenvalue weighted by atomic mass is 10.2. The van der Waals surface area contributed by atoms with Crippen LogP contribution in [-0.2, 0) is 11.3 Å². The molecule has 0 aliphatic rings. The number of carbonyl (C=O) groups is 1. The highest BCUT2D eigenvalue weighted by molar-refractivity contribution is 9.10. The summed E-state index contributed by atoms with van der Waals surface area (Å²) in [5.41, 5.74) is 1.59. The number of halogens is 2. The minimum Gasteiger partial charge on any atom is -0.324 e. The standard InChI is InChI=1S/C19H16BrClN4OS/c1-2-10-25-18(13-6-5-7-14(21)11-13)23-24-19(25)27-12-17(26)22-16-9-4-3-8-15(16)20/h2-9,11H,1,10,12H2,(H,22,26). The van der Waals surface area contributed by atoms with Crippen LogP contribution in [-0.4, -0.2) is 26.4 Å². The third kappa shape index (κ3) is 5.00. The molecule has 0 saturated heterocycles. The number of para-hydroxylation sites is 1. The summed E-state index contributed by atoms with van der Waals surface area (Å²) in [6.45, 7) is 4.32. The molecule has 0 radical (unpaired) electrons. The molecule has 1 aromatic heterocycles. The number of nitrogens with one attached hydrogen (secondary N) is 1. The van der Waals surface area contributed by atoms with Gasteiger partial charge in [-0.1, -0.05) is 53.7 Å². The molecule has 1 heterocycles. The molecule has 0 aliphatic carbocycles. The maximum Gasteiger partial charge on any atom is 0.234 e. The van der Waals surface area contributed by atoms with Crippen LogP contribution in [0.4, 0.5) is 5.69 Å². The third-order valence-corrected chi connectivity index (χ3v) is 5.48. The van der Waals surface area contributed by atoms with E-state index >= 15 is 0 Å². The van der Waals surface area contributed by atoms with Gasteiger partial charge in [0.25, 0.3) is 0 Å². The van der Waals surface area contributed by atoms with E-state index in [0.29, 0.717) is 22.5 Å². The first-order valence-electron chi connectivity index (χ1n) is 8.05. The maximum atomic E-state index is 12.3. The quantitative estimate of drug-likeness (QED) is 0.383. The van der Waals surface area contributed by atoms with E-state index in [0.717, 1.165) is 15.7 Å². The summed E-state index contributed by atoms with van der Waals surface area (Å²) >= 11 is 10.8. The van der Waals surface area contributed by atoms with Gasteiger partial charge < -0.3 is 5.32 Å². The molecule has 1 N–H and O–H groups in total. The molecule has 0 aliphatic heterocycles. The summed E-state index contributed by atoms with van der Waals surface area (Å²) < 4.78 is 2.75. The van der Waals surface area contributed by atoms with Crippen LogP contribution in [0.25, 0.3) is 11.4 Å². The van der Waals surface area contributed by atoms with Crippen molar-refractivity contribution in [3.63, 3.8) is 0 Å². The van der Waals surface area contributed by atoms with Gasteiger partial charge in [-0.15, -0.1) is 16.8 Å². The van der Waals surface area contributed by atoms with Gasteiger partial charge in [0.2, 0.25) is 5.91 Å². The number of hydrogen-bond acceptors (Lipinski definition) is 4. The summed E-state index contributed by atoms with van der Waals surface area (Å²) in [6.07, 6.45) is 1.77. The van der Waals surface area contributed by atoms with Gasteiger partial charge in [-0.25, -0.2) is 0 Å². The highest BCUT2D eigenvalue weighted by Crippen LogP contribution is 2.26. The molecular formula is C19H16BrClN4OS. The van der Waals surface area contributed by atoms with Gasteiger partial charge in [0.1, 0.15) is 0 Å². The molecule has 0 bridgehead atoms. The van der Waals surface area contributed by atoms with Crippen molar-refractivity contribution in [2.24, 2.45) is 0 Å². The van der Waals surface area contributed by atoms with Crippen molar-refractivity contribution < 1.29 is 4.79 Å². The van der Waals surface area contributed by atoms with Gasteiger partial charge in [0.15, 0.2) is 11.0 Å². The Morgan fingerprint density at radius 2 is 2.07 bits per heavy atom. The minimum absolute atomic E-state index is 0.121. The number of amides is 1. The van der Waals surface area contributed by atoms with Crippen molar-refractivity contribution in [2.75, 3.05) is 11.1 Å². The molecule has 2 aromatic carbocycles. The van der Waals surface area contributed by atoms with Crippen molar-refractivity contribution in [3.8, 4) is 11.4 Å². The largest absolute Gasteiger partial charge is 0.324 e. The number of thioether (sulfide) groups is 1. The second kappa shape index (κ2) is 9.21. The predicted molar refractivity (Wildman–Crippen MR) is 114 cm³/mol. The molecule has 5 nitrogen and oxygen atoms in total. The Bertz CT molecular complexity index is 976. The van der Waals surface area contributed by atoms with E-state index in [1.807, 2.05) is 47.0 Å². The highest BCUT2D eigenvalue weighted by Gasteiger charge is 2.15. The smallest absolute Gasteiger partial charge is 0.234 e. The number of benzene rings is 2. The molecule has 1 amide bonds. The second-order valence-electron chi connectivity index (χ2n) is 5.53. The molecule has 3 rings (SSSR count). The molecule has 3 aromatic rings. The van der Waals surface area contributed by atoms with Crippen molar-refractivity contribution in [1.29, 1.82) is 0 Å².